The first kappa shape index (κ1) is 16.7. The Bertz CT molecular complexity index is 317. The Morgan fingerprint density at radius 1 is 1.10 bits per heavy atom. The number of carboxylic acids is 1. The van der Waals surface area contributed by atoms with Crippen LogP contribution in [0.15, 0.2) is 0 Å². The molecule has 2 rings (SSSR count). The first-order valence-electron chi connectivity index (χ1n) is 8.40. The first-order chi connectivity index (χ1) is 10.2. The molecular formula is C16H29NO4. The molecule has 5 heteroatoms. The topological polar surface area (TPSA) is 70.0 Å². The summed E-state index contributed by atoms with van der Waals surface area (Å²) in [7, 11) is 0. The number of aliphatic hydroxyl groups is 1. The molecule has 5 nitrogen and oxygen atoms in total. The SMILES string of the molecule is O=C(O)CCCCCCC1CCC(O)C1N1CCOCC1. The van der Waals surface area contributed by atoms with Crippen LogP contribution in [0.2, 0.25) is 0 Å². The van der Waals surface area contributed by atoms with Crippen LogP contribution in [0.4, 0.5) is 0 Å². The molecule has 0 aromatic carbocycles. The van der Waals surface area contributed by atoms with Crippen LogP contribution >= 0.6 is 0 Å². The van der Waals surface area contributed by atoms with E-state index in [1.54, 1.807) is 0 Å². The Morgan fingerprint density at radius 2 is 1.81 bits per heavy atom. The quantitative estimate of drug-likeness (QED) is 0.670. The molecule has 3 unspecified atom stereocenters. The molecule has 1 heterocycles. The molecule has 0 bridgehead atoms. The van der Waals surface area contributed by atoms with E-state index in [-0.39, 0.29) is 6.10 Å². The van der Waals surface area contributed by atoms with Gasteiger partial charge in [-0.1, -0.05) is 19.3 Å². The number of nitrogens with zero attached hydrogens (tertiary/aromatic N) is 1. The van der Waals surface area contributed by atoms with Gasteiger partial charge in [0.1, 0.15) is 0 Å². The Kier molecular flexibility index (Phi) is 6.93. The van der Waals surface area contributed by atoms with Crippen molar-refractivity contribution in [3.63, 3.8) is 0 Å². The van der Waals surface area contributed by atoms with Crippen LogP contribution < -0.4 is 0 Å². The second-order valence-electron chi connectivity index (χ2n) is 6.39. The monoisotopic (exact) mass is 299 g/mol. The number of morpholine rings is 1. The van der Waals surface area contributed by atoms with E-state index in [2.05, 4.69) is 4.90 Å². The summed E-state index contributed by atoms with van der Waals surface area (Å²) >= 11 is 0. The number of carboxylic acid groups (broad SMARTS) is 1. The lowest BCUT2D eigenvalue weighted by molar-refractivity contribution is -0.137. The van der Waals surface area contributed by atoms with Crippen molar-refractivity contribution in [3.8, 4) is 0 Å². The Hall–Kier alpha value is -0.650. The van der Waals surface area contributed by atoms with Crippen LogP contribution in [0.25, 0.3) is 0 Å². The number of rotatable bonds is 8. The molecule has 0 amide bonds. The molecule has 2 fully saturated rings. The van der Waals surface area contributed by atoms with Gasteiger partial charge in [0.2, 0.25) is 0 Å². The lowest BCUT2D eigenvalue weighted by atomic mass is 9.94. The van der Waals surface area contributed by atoms with Crippen molar-refractivity contribution in [1.82, 2.24) is 4.90 Å². The first-order valence-corrected chi connectivity index (χ1v) is 8.40. The molecule has 122 valence electrons. The molecule has 0 spiro atoms. The Labute approximate surface area is 127 Å². The van der Waals surface area contributed by atoms with E-state index in [0.717, 1.165) is 71.2 Å². The fourth-order valence-electron chi connectivity index (χ4n) is 3.81. The lowest BCUT2D eigenvalue weighted by Gasteiger charge is -2.37. The molecule has 1 saturated heterocycles. The van der Waals surface area contributed by atoms with Crippen molar-refractivity contribution in [2.24, 2.45) is 5.92 Å². The van der Waals surface area contributed by atoms with Crippen molar-refractivity contribution in [3.05, 3.63) is 0 Å². The number of unbranched alkanes of at least 4 members (excludes halogenated alkanes) is 3. The summed E-state index contributed by atoms with van der Waals surface area (Å²) in [5, 5.41) is 18.9. The zero-order valence-electron chi connectivity index (χ0n) is 12.9. The van der Waals surface area contributed by atoms with E-state index in [4.69, 9.17) is 9.84 Å². The van der Waals surface area contributed by atoms with Gasteiger partial charge in [-0.25, -0.2) is 0 Å². The van der Waals surface area contributed by atoms with Crippen molar-refractivity contribution in [2.75, 3.05) is 26.3 Å². The van der Waals surface area contributed by atoms with E-state index in [1.165, 1.54) is 0 Å². The minimum atomic E-state index is -0.693. The van der Waals surface area contributed by atoms with Gasteiger partial charge >= 0.3 is 5.97 Å². The third-order valence-electron chi connectivity index (χ3n) is 4.89. The van der Waals surface area contributed by atoms with Crippen molar-refractivity contribution in [1.29, 1.82) is 0 Å². The van der Waals surface area contributed by atoms with Crippen LogP contribution in [-0.4, -0.2) is 59.5 Å². The molecule has 2 N–H and O–H groups in total. The Balaban J connectivity index is 1.67. The van der Waals surface area contributed by atoms with Gasteiger partial charge in [-0.15, -0.1) is 0 Å². The minimum absolute atomic E-state index is 0.180. The van der Waals surface area contributed by atoms with Gasteiger partial charge in [0.15, 0.2) is 0 Å². The van der Waals surface area contributed by atoms with Crippen LogP contribution in [0.3, 0.4) is 0 Å². The molecule has 21 heavy (non-hydrogen) atoms. The highest BCUT2D eigenvalue weighted by Gasteiger charge is 2.38. The molecule has 1 aliphatic heterocycles. The summed E-state index contributed by atoms with van der Waals surface area (Å²) in [6, 6.07) is 0.313. The van der Waals surface area contributed by atoms with Gasteiger partial charge in [0.05, 0.1) is 19.3 Å². The van der Waals surface area contributed by atoms with E-state index >= 15 is 0 Å². The second-order valence-corrected chi connectivity index (χ2v) is 6.39. The van der Waals surface area contributed by atoms with Crippen molar-refractivity contribution < 1.29 is 19.7 Å². The molecule has 3 atom stereocenters. The average molecular weight is 299 g/mol. The van der Waals surface area contributed by atoms with Crippen LogP contribution in [0.1, 0.15) is 51.4 Å². The highest BCUT2D eigenvalue weighted by Crippen LogP contribution is 2.34. The van der Waals surface area contributed by atoms with Crippen LogP contribution in [-0.2, 0) is 9.53 Å². The molecule has 1 aliphatic carbocycles. The van der Waals surface area contributed by atoms with E-state index in [9.17, 15) is 9.90 Å². The summed E-state index contributed by atoms with van der Waals surface area (Å²) in [5.74, 6) is -0.0983. The number of hydrogen-bond donors (Lipinski definition) is 2. The lowest BCUT2D eigenvalue weighted by Crippen LogP contribution is -2.49. The van der Waals surface area contributed by atoms with Gasteiger partial charge in [-0.3, -0.25) is 9.69 Å². The van der Waals surface area contributed by atoms with E-state index in [1.807, 2.05) is 0 Å². The normalized spacial score (nSPS) is 30.6. The predicted molar refractivity (Wildman–Crippen MR) is 80.2 cm³/mol. The van der Waals surface area contributed by atoms with E-state index in [0.29, 0.717) is 18.4 Å². The van der Waals surface area contributed by atoms with Crippen LogP contribution in [0.5, 0.6) is 0 Å². The number of aliphatic hydroxyl groups excluding tert-OH is 1. The smallest absolute Gasteiger partial charge is 0.303 e. The number of ether oxygens (including phenoxy) is 1. The number of aliphatic carboxylic acids is 1. The second kappa shape index (κ2) is 8.71. The van der Waals surface area contributed by atoms with Gasteiger partial charge in [0.25, 0.3) is 0 Å². The third-order valence-corrected chi connectivity index (χ3v) is 4.89. The summed E-state index contributed by atoms with van der Waals surface area (Å²) in [5.41, 5.74) is 0. The van der Waals surface area contributed by atoms with Gasteiger partial charge in [0, 0.05) is 25.6 Å². The Morgan fingerprint density at radius 3 is 2.52 bits per heavy atom. The summed E-state index contributed by atoms with van der Waals surface area (Å²) in [4.78, 5) is 12.9. The largest absolute Gasteiger partial charge is 0.481 e. The third kappa shape index (κ3) is 5.24. The molecule has 0 aromatic rings. The zero-order valence-corrected chi connectivity index (χ0v) is 12.9. The maximum atomic E-state index is 10.5. The summed E-state index contributed by atoms with van der Waals surface area (Å²) < 4.78 is 5.40. The maximum absolute atomic E-state index is 10.5. The molecule has 0 radical (unpaired) electrons. The highest BCUT2D eigenvalue weighted by molar-refractivity contribution is 5.66. The van der Waals surface area contributed by atoms with Crippen LogP contribution in [0, 0.1) is 5.92 Å². The summed E-state index contributed by atoms with van der Waals surface area (Å²) in [6.07, 6.45) is 7.36. The maximum Gasteiger partial charge on any atom is 0.303 e. The standard InChI is InChI=1S/C16H29NO4/c18-14-8-7-13(5-3-1-2-4-6-15(19)20)16(14)17-9-11-21-12-10-17/h13-14,16,18H,1-12H2,(H,19,20). The molecule has 1 saturated carbocycles. The highest BCUT2D eigenvalue weighted by atomic mass is 16.5. The fourth-order valence-corrected chi connectivity index (χ4v) is 3.81. The summed E-state index contributed by atoms with van der Waals surface area (Å²) in [6.45, 7) is 3.45. The zero-order chi connectivity index (χ0) is 15.1. The fraction of sp³-hybridized carbons (Fsp3) is 0.938. The van der Waals surface area contributed by atoms with Gasteiger partial charge in [-0.2, -0.15) is 0 Å². The van der Waals surface area contributed by atoms with E-state index < -0.39 is 5.97 Å². The molecular weight excluding hydrogens is 270 g/mol. The van der Waals surface area contributed by atoms with Gasteiger partial charge < -0.3 is 14.9 Å². The predicted octanol–water partition coefficient (Wildman–Crippen LogP) is 1.88. The van der Waals surface area contributed by atoms with Gasteiger partial charge in [-0.05, 0) is 31.6 Å². The van der Waals surface area contributed by atoms with Crippen molar-refractivity contribution in [2.45, 2.75) is 63.5 Å². The molecule has 2 aliphatic rings. The number of carbonyl (C=O) groups is 1. The molecule has 0 aromatic heterocycles. The number of hydrogen-bond acceptors (Lipinski definition) is 4. The van der Waals surface area contributed by atoms with Crippen molar-refractivity contribution >= 4 is 5.97 Å². The average Bonchev–Trinajstić information content (AvgIpc) is 2.84. The minimum Gasteiger partial charge on any atom is -0.481 e.